The molecule has 0 saturated heterocycles. The van der Waals surface area contributed by atoms with Gasteiger partial charge in [0.2, 0.25) is 0 Å². The van der Waals surface area contributed by atoms with Crippen LogP contribution in [-0.4, -0.2) is 7.25 Å². The molecule has 0 saturated carbocycles. The third-order valence-electron chi connectivity index (χ3n) is 0. The third kappa shape index (κ3) is 1260. The molecule has 0 aliphatic carbocycles. The molecule has 0 amide bonds. The van der Waals surface area contributed by atoms with E-state index in [1.807, 2.05) is 0 Å². The molecule has 0 nitrogen and oxygen atoms in total. The Balaban J connectivity index is -0.0000000800. The van der Waals surface area contributed by atoms with Gasteiger partial charge in [-0.3, -0.25) is 0 Å². The van der Waals surface area contributed by atoms with Crippen molar-refractivity contribution in [1.29, 1.82) is 0 Å². The van der Waals surface area contributed by atoms with Gasteiger partial charge >= 0.3 is 24.3 Å². The molecule has 0 rings (SSSR count). The van der Waals surface area contributed by atoms with E-state index in [1.165, 1.54) is 0 Å². The molecule has 0 aromatic rings. The van der Waals surface area contributed by atoms with Gasteiger partial charge in [-0.2, -0.15) is 0 Å². The molecule has 0 N–H and O–H groups in total. The van der Waals surface area contributed by atoms with Crippen LogP contribution in [0.25, 0.3) is 0 Å². The molecular weight excluding hydrogens is 155 g/mol. The molecule has 0 fully saturated rings. The molecule has 0 atom stereocenters. The van der Waals surface area contributed by atoms with Gasteiger partial charge < -0.3 is 24.7 Å². The monoisotopic (exact) mass is 158 g/mol. The standard InChI is InChI=1S/CH3.BF4.Fe/c;2-1(3,4)5;/h1H3;;/q2*-1;+2. The Labute approximate surface area is 49.9 Å². The second-order valence-corrected chi connectivity index (χ2v) is 0.495. The summed E-state index contributed by atoms with van der Waals surface area (Å²) in [5.74, 6) is 0. The summed E-state index contributed by atoms with van der Waals surface area (Å²) >= 11 is 0. The number of hydrogen-bond donors (Lipinski definition) is 0. The van der Waals surface area contributed by atoms with E-state index in [2.05, 4.69) is 0 Å². The molecule has 0 spiro atoms. The summed E-state index contributed by atoms with van der Waals surface area (Å²) in [5, 5.41) is 0. The maximum Gasteiger partial charge on any atom is 2.00 e. The van der Waals surface area contributed by atoms with Crippen molar-refractivity contribution < 1.29 is 34.3 Å². The van der Waals surface area contributed by atoms with E-state index in [4.69, 9.17) is 0 Å². The van der Waals surface area contributed by atoms with Gasteiger partial charge in [0, 0.05) is 0 Å². The van der Waals surface area contributed by atoms with E-state index in [-0.39, 0.29) is 24.5 Å². The van der Waals surface area contributed by atoms with Crippen molar-refractivity contribution in [1.82, 2.24) is 0 Å². The Morgan fingerprint density at radius 2 is 0.857 bits per heavy atom. The van der Waals surface area contributed by atoms with Crippen LogP contribution in [0.1, 0.15) is 0 Å². The molecule has 0 aromatic heterocycles. The van der Waals surface area contributed by atoms with E-state index in [1.54, 1.807) is 0 Å². The van der Waals surface area contributed by atoms with Crippen LogP contribution in [-0.2, 0) is 17.1 Å². The normalized spacial score (nSPS) is 8.57. The van der Waals surface area contributed by atoms with Crippen molar-refractivity contribution in [3.63, 3.8) is 0 Å². The summed E-state index contributed by atoms with van der Waals surface area (Å²) in [5.41, 5.74) is 0. The van der Waals surface area contributed by atoms with Crippen molar-refractivity contribution >= 4 is 7.25 Å². The first-order valence-corrected chi connectivity index (χ1v) is 0.873. The maximum absolute atomic E-state index is 9.75. The van der Waals surface area contributed by atoms with Gasteiger partial charge in [0.15, 0.2) is 0 Å². The maximum atomic E-state index is 9.75. The summed E-state index contributed by atoms with van der Waals surface area (Å²) < 4.78 is 39.0. The molecule has 46 valence electrons. The summed E-state index contributed by atoms with van der Waals surface area (Å²) in [4.78, 5) is 0. The second kappa shape index (κ2) is 4.46. The molecular formula is CH3BF4Fe. The summed E-state index contributed by atoms with van der Waals surface area (Å²) in [6.07, 6.45) is 0. The smallest absolute Gasteiger partial charge is 0.418 e. The van der Waals surface area contributed by atoms with Gasteiger partial charge in [-0.05, 0) is 0 Å². The SMILES string of the molecule is F[B-](F)(F)F.[CH3-].[Fe+2]. The second-order valence-electron chi connectivity index (χ2n) is 0.495. The van der Waals surface area contributed by atoms with Crippen LogP contribution in [0.5, 0.6) is 0 Å². The molecule has 0 aromatic carbocycles. The Morgan fingerprint density at radius 3 is 0.857 bits per heavy atom. The van der Waals surface area contributed by atoms with Crippen molar-refractivity contribution in [2.24, 2.45) is 0 Å². The van der Waals surface area contributed by atoms with Crippen LogP contribution in [0.3, 0.4) is 0 Å². The molecule has 0 aliphatic rings. The zero-order valence-electron chi connectivity index (χ0n) is 3.44. The summed E-state index contributed by atoms with van der Waals surface area (Å²) in [6.45, 7) is 0. The van der Waals surface area contributed by atoms with Crippen LogP contribution in [0, 0.1) is 7.43 Å². The first-order valence-electron chi connectivity index (χ1n) is 0.873. The van der Waals surface area contributed by atoms with Gasteiger partial charge in [-0.25, -0.2) is 0 Å². The Kier molecular flexibility index (Phi) is 9.99. The van der Waals surface area contributed by atoms with E-state index in [0.29, 0.717) is 0 Å². The molecule has 0 unspecified atom stereocenters. The molecule has 0 aliphatic heterocycles. The Morgan fingerprint density at radius 1 is 0.857 bits per heavy atom. The first-order chi connectivity index (χ1) is 2.00. The third-order valence-corrected chi connectivity index (χ3v) is 0. The minimum absolute atomic E-state index is 0. The average Bonchev–Trinajstić information content (AvgIpc) is 0.722. The zero-order valence-corrected chi connectivity index (χ0v) is 4.55. The predicted molar refractivity (Wildman–Crippen MR) is 16.6 cm³/mol. The van der Waals surface area contributed by atoms with Gasteiger partial charge in [0.25, 0.3) is 0 Å². The zero-order chi connectivity index (χ0) is 4.50. The van der Waals surface area contributed by atoms with Crippen LogP contribution < -0.4 is 0 Å². The minimum Gasteiger partial charge on any atom is -0.418 e. The Hall–Kier alpha value is 0.304. The van der Waals surface area contributed by atoms with Crippen LogP contribution in [0.4, 0.5) is 17.3 Å². The van der Waals surface area contributed by atoms with E-state index in [0.717, 1.165) is 0 Å². The van der Waals surface area contributed by atoms with Crippen molar-refractivity contribution in [3.05, 3.63) is 7.43 Å². The first kappa shape index (κ1) is 15.7. The van der Waals surface area contributed by atoms with Crippen molar-refractivity contribution in [2.75, 3.05) is 0 Å². The number of halogens is 4. The van der Waals surface area contributed by atoms with E-state index in [9.17, 15) is 17.3 Å². The average molecular weight is 158 g/mol. The minimum atomic E-state index is -6.00. The fourth-order valence-electron chi connectivity index (χ4n) is 0. The number of rotatable bonds is 0. The molecule has 7 heavy (non-hydrogen) atoms. The summed E-state index contributed by atoms with van der Waals surface area (Å²) in [7, 11) is -6.00. The van der Waals surface area contributed by atoms with Gasteiger partial charge in [0.05, 0.1) is 0 Å². The molecule has 0 bridgehead atoms. The number of hydrogen-bond acceptors (Lipinski definition) is 0. The molecule has 0 heterocycles. The van der Waals surface area contributed by atoms with Crippen LogP contribution in [0.2, 0.25) is 0 Å². The fraction of sp³-hybridized carbons (Fsp3) is 0. The van der Waals surface area contributed by atoms with Crippen molar-refractivity contribution in [2.45, 2.75) is 0 Å². The molecule has 0 radical (unpaired) electrons. The summed E-state index contributed by atoms with van der Waals surface area (Å²) in [6, 6.07) is 0. The fourth-order valence-corrected chi connectivity index (χ4v) is 0. The molecule has 6 heteroatoms. The van der Waals surface area contributed by atoms with E-state index >= 15 is 0 Å². The van der Waals surface area contributed by atoms with E-state index < -0.39 is 7.25 Å². The van der Waals surface area contributed by atoms with Crippen molar-refractivity contribution in [3.8, 4) is 0 Å². The van der Waals surface area contributed by atoms with Gasteiger partial charge in [0.1, 0.15) is 0 Å². The largest absolute Gasteiger partial charge is 2.00 e. The van der Waals surface area contributed by atoms with Crippen LogP contribution >= 0.6 is 0 Å². The predicted octanol–water partition coefficient (Wildman–Crippen LogP) is 1.75. The Bertz CT molecular complexity index is 27.2. The van der Waals surface area contributed by atoms with Crippen LogP contribution in [0.15, 0.2) is 0 Å². The quantitative estimate of drug-likeness (QED) is 0.286. The van der Waals surface area contributed by atoms with Gasteiger partial charge in [-0.15, -0.1) is 0 Å². The van der Waals surface area contributed by atoms with Gasteiger partial charge in [-0.1, -0.05) is 0 Å². The topological polar surface area (TPSA) is 0 Å².